The van der Waals surface area contributed by atoms with Crippen molar-refractivity contribution in [1.29, 1.82) is 0 Å². The molecule has 1 heteroatoms. The quantitative estimate of drug-likeness (QED) is 0.596. The first-order chi connectivity index (χ1) is 5.35. The number of hydrogen-bond donors (Lipinski definition) is 1. The SMILES string of the molecule is OCCC1C=CC2(C=CC2)C1. The van der Waals surface area contributed by atoms with Gasteiger partial charge >= 0.3 is 0 Å². The summed E-state index contributed by atoms with van der Waals surface area (Å²) in [4.78, 5) is 0. The third kappa shape index (κ3) is 1.14. The normalized spacial score (nSPS) is 39.9. The summed E-state index contributed by atoms with van der Waals surface area (Å²) in [5.74, 6) is 0.630. The van der Waals surface area contributed by atoms with Crippen molar-refractivity contribution in [2.24, 2.45) is 11.3 Å². The smallest absolute Gasteiger partial charge is 0.0436 e. The Morgan fingerprint density at radius 3 is 2.73 bits per heavy atom. The van der Waals surface area contributed by atoms with Crippen LogP contribution in [0.3, 0.4) is 0 Å². The second-order valence-electron chi connectivity index (χ2n) is 3.68. The molecule has 0 bridgehead atoms. The van der Waals surface area contributed by atoms with E-state index in [1.165, 1.54) is 12.8 Å². The highest BCUT2D eigenvalue weighted by atomic mass is 16.3. The van der Waals surface area contributed by atoms with Gasteiger partial charge in [0.2, 0.25) is 0 Å². The lowest BCUT2D eigenvalue weighted by Crippen LogP contribution is -2.19. The lowest BCUT2D eigenvalue weighted by molar-refractivity contribution is 0.257. The monoisotopic (exact) mass is 150 g/mol. The Morgan fingerprint density at radius 2 is 2.27 bits per heavy atom. The Hall–Kier alpha value is -0.560. The molecule has 0 radical (unpaired) electrons. The Labute approximate surface area is 67.4 Å². The third-order valence-corrected chi connectivity index (χ3v) is 2.79. The predicted octanol–water partition coefficient (Wildman–Crippen LogP) is 1.89. The Bertz CT molecular complexity index is 205. The van der Waals surface area contributed by atoms with Gasteiger partial charge in [0.05, 0.1) is 0 Å². The molecule has 2 unspecified atom stereocenters. The van der Waals surface area contributed by atoms with Crippen LogP contribution in [0.1, 0.15) is 19.3 Å². The maximum atomic E-state index is 8.74. The summed E-state index contributed by atoms with van der Waals surface area (Å²) in [6.45, 7) is 0.328. The predicted molar refractivity (Wildman–Crippen MR) is 45.1 cm³/mol. The van der Waals surface area contributed by atoms with Crippen molar-refractivity contribution in [2.45, 2.75) is 19.3 Å². The van der Waals surface area contributed by atoms with Crippen molar-refractivity contribution >= 4 is 0 Å². The van der Waals surface area contributed by atoms with Crippen LogP contribution in [0.4, 0.5) is 0 Å². The lowest BCUT2D eigenvalue weighted by Gasteiger charge is -2.30. The lowest BCUT2D eigenvalue weighted by atomic mass is 9.74. The van der Waals surface area contributed by atoms with Gasteiger partial charge in [-0.1, -0.05) is 24.3 Å². The second-order valence-corrected chi connectivity index (χ2v) is 3.68. The van der Waals surface area contributed by atoms with Crippen LogP contribution >= 0.6 is 0 Å². The number of hydrogen-bond acceptors (Lipinski definition) is 1. The molecule has 0 fully saturated rings. The summed E-state index contributed by atoms with van der Waals surface area (Å²) in [7, 11) is 0. The van der Waals surface area contributed by atoms with Gasteiger partial charge in [-0.15, -0.1) is 0 Å². The summed E-state index contributed by atoms with van der Waals surface area (Å²) in [6.07, 6.45) is 12.5. The van der Waals surface area contributed by atoms with Gasteiger partial charge < -0.3 is 5.11 Å². The van der Waals surface area contributed by atoms with Gasteiger partial charge in [0.1, 0.15) is 0 Å². The molecular weight excluding hydrogens is 136 g/mol. The van der Waals surface area contributed by atoms with E-state index in [9.17, 15) is 0 Å². The molecule has 1 N–H and O–H groups in total. The van der Waals surface area contributed by atoms with Crippen LogP contribution in [0.5, 0.6) is 0 Å². The summed E-state index contributed by atoms with van der Waals surface area (Å²) < 4.78 is 0. The minimum atomic E-state index is 0.328. The molecule has 0 aromatic carbocycles. The zero-order chi connectivity index (χ0) is 7.73. The molecule has 0 amide bonds. The van der Waals surface area contributed by atoms with E-state index in [0.717, 1.165) is 6.42 Å². The number of allylic oxidation sites excluding steroid dienone is 4. The van der Waals surface area contributed by atoms with Gasteiger partial charge in [0.15, 0.2) is 0 Å². The highest BCUT2D eigenvalue weighted by Crippen LogP contribution is 2.46. The maximum Gasteiger partial charge on any atom is 0.0436 e. The molecule has 0 aliphatic heterocycles. The van der Waals surface area contributed by atoms with E-state index >= 15 is 0 Å². The van der Waals surface area contributed by atoms with Crippen molar-refractivity contribution in [3.63, 3.8) is 0 Å². The van der Waals surface area contributed by atoms with Gasteiger partial charge in [0, 0.05) is 12.0 Å². The van der Waals surface area contributed by atoms with E-state index in [1.807, 2.05) is 0 Å². The van der Waals surface area contributed by atoms with E-state index < -0.39 is 0 Å². The molecule has 60 valence electrons. The first kappa shape index (κ1) is 7.11. The summed E-state index contributed by atoms with van der Waals surface area (Å²) in [6, 6.07) is 0. The summed E-state index contributed by atoms with van der Waals surface area (Å²) in [5.41, 5.74) is 0.417. The fourth-order valence-corrected chi connectivity index (χ4v) is 2.01. The Kier molecular flexibility index (Phi) is 1.61. The standard InChI is InChI=1S/C10H14O/c11-7-3-9-2-6-10(8-9)4-1-5-10/h1-2,4,6,9,11H,3,5,7-8H2. The van der Waals surface area contributed by atoms with Crippen LogP contribution in [0.25, 0.3) is 0 Å². The minimum Gasteiger partial charge on any atom is -0.396 e. The number of rotatable bonds is 2. The maximum absolute atomic E-state index is 8.74. The zero-order valence-corrected chi connectivity index (χ0v) is 6.66. The fourth-order valence-electron chi connectivity index (χ4n) is 2.01. The van der Waals surface area contributed by atoms with Gasteiger partial charge in [-0.2, -0.15) is 0 Å². The van der Waals surface area contributed by atoms with Crippen molar-refractivity contribution < 1.29 is 5.11 Å². The Morgan fingerprint density at radius 1 is 1.45 bits per heavy atom. The van der Waals surface area contributed by atoms with Crippen LogP contribution in [-0.2, 0) is 0 Å². The van der Waals surface area contributed by atoms with Gasteiger partial charge in [-0.25, -0.2) is 0 Å². The first-order valence-electron chi connectivity index (χ1n) is 4.33. The van der Waals surface area contributed by atoms with E-state index in [1.54, 1.807) is 0 Å². The molecule has 0 saturated heterocycles. The molecule has 2 atom stereocenters. The number of aliphatic hydroxyl groups is 1. The highest BCUT2D eigenvalue weighted by Gasteiger charge is 2.34. The zero-order valence-electron chi connectivity index (χ0n) is 6.66. The van der Waals surface area contributed by atoms with Crippen molar-refractivity contribution in [1.82, 2.24) is 0 Å². The molecule has 0 aromatic heterocycles. The number of aliphatic hydroxyl groups excluding tert-OH is 1. The molecular formula is C10H14O. The van der Waals surface area contributed by atoms with Crippen LogP contribution in [-0.4, -0.2) is 11.7 Å². The van der Waals surface area contributed by atoms with Crippen LogP contribution in [0, 0.1) is 11.3 Å². The molecule has 1 spiro atoms. The molecule has 2 rings (SSSR count). The highest BCUT2D eigenvalue weighted by molar-refractivity contribution is 5.26. The van der Waals surface area contributed by atoms with Gasteiger partial charge in [0.25, 0.3) is 0 Å². The van der Waals surface area contributed by atoms with Crippen molar-refractivity contribution in [3.8, 4) is 0 Å². The van der Waals surface area contributed by atoms with Crippen LogP contribution < -0.4 is 0 Å². The van der Waals surface area contributed by atoms with E-state index in [4.69, 9.17) is 5.11 Å². The fraction of sp³-hybridized carbons (Fsp3) is 0.600. The molecule has 11 heavy (non-hydrogen) atoms. The molecule has 1 nitrogen and oxygen atoms in total. The van der Waals surface area contributed by atoms with E-state index in [0.29, 0.717) is 17.9 Å². The van der Waals surface area contributed by atoms with E-state index in [2.05, 4.69) is 24.3 Å². The topological polar surface area (TPSA) is 20.2 Å². The van der Waals surface area contributed by atoms with Gasteiger partial charge in [-0.3, -0.25) is 0 Å². The third-order valence-electron chi connectivity index (χ3n) is 2.79. The molecule has 2 aliphatic carbocycles. The van der Waals surface area contributed by atoms with Crippen molar-refractivity contribution in [2.75, 3.05) is 6.61 Å². The van der Waals surface area contributed by atoms with E-state index in [-0.39, 0.29) is 0 Å². The molecule has 0 aromatic rings. The summed E-state index contributed by atoms with van der Waals surface area (Å²) in [5, 5.41) is 8.74. The second kappa shape index (κ2) is 2.49. The molecule has 2 aliphatic rings. The molecule has 0 heterocycles. The first-order valence-corrected chi connectivity index (χ1v) is 4.33. The average molecular weight is 150 g/mol. The largest absolute Gasteiger partial charge is 0.396 e. The van der Waals surface area contributed by atoms with Crippen LogP contribution in [0.15, 0.2) is 24.3 Å². The van der Waals surface area contributed by atoms with Crippen LogP contribution in [0.2, 0.25) is 0 Å². The average Bonchev–Trinajstić information content (AvgIpc) is 2.32. The van der Waals surface area contributed by atoms with Gasteiger partial charge in [-0.05, 0) is 25.2 Å². The summed E-state index contributed by atoms with van der Waals surface area (Å²) >= 11 is 0. The van der Waals surface area contributed by atoms with Crippen molar-refractivity contribution in [3.05, 3.63) is 24.3 Å². The minimum absolute atomic E-state index is 0.328. The Balaban J connectivity index is 1.95. The molecule has 0 saturated carbocycles.